The van der Waals surface area contributed by atoms with E-state index >= 15 is 0 Å². The molecule has 0 aromatic rings. The molecule has 16 heavy (non-hydrogen) atoms. The number of nitriles is 1. The lowest BCUT2D eigenvalue weighted by molar-refractivity contribution is 0.521. The highest BCUT2D eigenvalue weighted by Gasteiger charge is 2.05. The zero-order chi connectivity index (χ0) is 11.5. The van der Waals surface area contributed by atoms with E-state index in [0.29, 0.717) is 0 Å². The quantitative estimate of drug-likeness (QED) is 0.550. The van der Waals surface area contributed by atoms with Crippen LogP contribution in [-0.2, 0) is 0 Å². The van der Waals surface area contributed by atoms with Gasteiger partial charge in [0, 0.05) is 12.8 Å². The fraction of sp³-hybridized carbons (Fsp3) is 0.800. The van der Waals surface area contributed by atoms with Gasteiger partial charge in [-0.1, -0.05) is 44.9 Å². The monoisotopic (exact) mass is 217 g/mol. The fourth-order valence-corrected chi connectivity index (χ4v) is 2.16. The van der Waals surface area contributed by atoms with Gasteiger partial charge in [0.15, 0.2) is 0 Å². The van der Waals surface area contributed by atoms with Gasteiger partial charge in [0.2, 0.25) is 0 Å². The maximum atomic E-state index is 8.98. The maximum Gasteiger partial charge on any atom is 0.0665 e. The zero-order valence-corrected chi connectivity index (χ0v) is 10.3. The second kappa shape index (κ2) is 9.29. The van der Waals surface area contributed by atoms with Crippen molar-refractivity contribution >= 4 is 0 Å². The largest absolute Gasteiger partial charge is 0.198 e. The van der Waals surface area contributed by atoms with Crippen LogP contribution in [0, 0.1) is 29.1 Å². The fourth-order valence-electron chi connectivity index (χ4n) is 2.16. The van der Waals surface area contributed by atoms with E-state index in [9.17, 15) is 0 Å². The van der Waals surface area contributed by atoms with Crippen LogP contribution in [0.1, 0.15) is 70.6 Å². The maximum absolute atomic E-state index is 8.98. The molecule has 0 fully saturated rings. The summed E-state index contributed by atoms with van der Waals surface area (Å²) in [5.74, 6) is 6.55. The molecule has 0 N–H and O–H groups in total. The lowest BCUT2D eigenvalue weighted by atomic mass is 9.98. The molecule has 1 rings (SSSR count). The van der Waals surface area contributed by atoms with Gasteiger partial charge in [0.25, 0.3) is 0 Å². The first-order valence-corrected chi connectivity index (χ1v) is 6.79. The van der Waals surface area contributed by atoms with Crippen LogP contribution in [0.15, 0.2) is 0 Å². The van der Waals surface area contributed by atoms with E-state index in [1.807, 2.05) is 0 Å². The summed E-state index contributed by atoms with van der Waals surface area (Å²) in [6.07, 6.45) is 13.4. The van der Waals surface area contributed by atoms with Gasteiger partial charge in [-0.3, -0.25) is 0 Å². The summed E-state index contributed by atoms with van der Waals surface area (Å²) in [4.78, 5) is 0. The number of nitrogens with zero attached hydrogens (tertiary/aromatic N) is 1. The molecule has 0 radical (unpaired) electrons. The number of hydrogen-bond donors (Lipinski definition) is 0. The van der Waals surface area contributed by atoms with Gasteiger partial charge in [0.05, 0.1) is 12.0 Å². The summed E-state index contributed by atoms with van der Waals surface area (Å²) in [7, 11) is 0. The van der Waals surface area contributed by atoms with Crippen molar-refractivity contribution in [2.75, 3.05) is 0 Å². The standard InChI is InChI=1S/C15H23N/c16-14-15-12-10-8-6-4-2-1-3-5-7-9-11-13-15/h15H,1-8,10,12-13H2. The first-order chi connectivity index (χ1) is 7.93. The first-order valence-electron chi connectivity index (χ1n) is 6.79. The second-order valence-corrected chi connectivity index (χ2v) is 4.75. The molecule has 0 spiro atoms. The number of rotatable bonds is 0. The van der Waals surface area contributed by atoms with E-state index in [2.05, 4.69) is 17.9 Å². The Morgan fingerprint density at radius 2 is 1.44 bits per heavy atom. The molecule has 0 aliphatic heterocycles. The third-order valence-corrected chi connectivity index (χ3v) is 3.26. The topological polar surface area (TPSA) is 23.8 Å². The first kappa shape index (κ1) is 13.1. The minimum absolute atomic E-state index is 0.176. The molecule has 0 amide bonds. The van der Waals surface area contributed by atoms with Crippen LogP contribution in [0.3, 0.4) is 0 Å². The van der Waals surface area contributed by atoms with E-state index in [1.54, 1.807) is 0 Å². The summed E-state index contributed by atoms with van der Waals surface area (Å²) in [6.45, 7) is 0. The Morgan fingerprint density at radius 1 is 0.812 bits per heavy atom. The molecule has 1 aliphatic rings. The van der Waals surface area contributed by atoms with E-state index in [-0.39, 0.29) is 5.92 Å². The Kier molecular flexibility index (Phi) is 7.61. The van der Waals surface area contributed by atoms with Gasteiger partial charge in [-0.15, -0.1) is 11.8 Å². The molecule has 1 nitrogen and oxygen atoms in total. The van der Waals surface area contributed by atoms with Gasteiger partial charge < -0.3 is 0 Å². The Morgan fingerprint density at radius 3 is 2.12 bits per heavy atom. The van der Waals surface area contributed by atoms with Crippen LogP contribution in [0.5, 0.6) is 0 Å². The average Bonchev–Trinajstić information content (AvgIpc) is 2.32. The zero-order valence-electron chi connectivity index (χ0n) is 10.3. The van der Waals surface area contributed by atoms with Crippen LogP contribution in [-0.4, -0.2) is 0 Å². The summed E-state index contributed by atoms with van der Waals surface area (Å²) in [5.41, 5.74) is 0. The molecule has 88 valence electrons. The Labute approximate surface area is 100 Å². The molecular weight excluding hydrogens is 194 g/mol. The van der Waals surface area contributed by atoms with Crippen molar-refractivity contribution in [3.05, 3.63) is 0 Å². The van der Waals surface area contributed by atoms with Crippen molar-refractivity contribution in [2.45, 2.75) is 70.6 Å². The van der Waals surface area contributed by atoms with Crippen molar-refractivity contribution in [1.82, 2.24) is 0 Å². The molecule has 0 aromatic carbocycles. The van der Waals surface area contributed by atoms with Gasteiger partial charge in [-0.25, -0.2) is 0 Å². The Hall–Kier alpha value is -0.950. The molecule has 0 heterocycles. The summed E-state index contributed by atoms with van der Waals surface area (Å²) in [6, 6.07) is 2.38. The van der Waals surface area contributed by atoms with Crippen LogP contribution in [0.25, 0.3) is 0 Å². The van der Waals surface area contributed by atoms with Gasteiger partial charge >= 0.3 is 0 Å². The van der Waals surface area contributed by atoms with Crippen LogP contribution in [0.4, 0.5) is 0 Å². The SMILES string of the molecule is N#CC1CC#CCCCCCCCCCC1. The molecular formula is C15H23N. The smallest absolute Gasteiger partial charge is 0.0665 e. The minimum atomic E-state index is 0.176. The van der Waals surface area contributed by atoms with Crippen LogP contribution in [0.2, 0.25) is 0 Å². The third-order valence-electron chi connectivity index (χ3n) is 3.26. The molecule has 1 aliphatic carbocycles. The van der Waals surface area contributed by atoms with Crippen LogP contribution >= 0.6 is 0 Å². The van der Waals surface area contributed by atoms with Crippen LogP contribution < -0.4 is 0 Å². The number of hydrogen-bond acceptors (Lipinski definition) is 1. The molecule has 1 unspecified atom stereocenters. The summed E-state index contributed by atoms with van der Waals surface area (Å²) >= 11 is 0. The average molecular weight is 217 g/mol. The summed E-state index contributed by atoms with van der Waals surface area (Å²) < 4.78 is 0. The Balaban J connectivity index is 2.32. The lowest BCUT2D eigenvalue weighted by Gasteiger charge is -2.06. The van der Waals surface area contributed by atoms with Crippen molar-refractivity contribution < 1.29 is 0 Å². The van der Waals surface area contributed by atoms with E-state index in [4.69, 9.17) is 5.26 Å². The molecule has 0 saturated carbocycles. The molecule has 0 bridgehead atoms. The van der Waals surface area contributed by atoms with Crippen molar-refractivity contribution in [1.29, 1.82) is 5.26 Å². The van der Waals surface area contributed by atoms with Gasteiger partial charge in [0.1, 0.15) is 0 Å². The highest BCUT2D eigenvalue weighted by molar-refractivity contribution is 5.03. The van der Waals surface area contributed by atoms with E-state index in [0.717, 1.165) is 19.3 Å². The van der Waals surface area contributed by atoms with E-state index < -0.39 is 0 Å². The minimum Gasteiger partial charge on any atom is -0.198 e. The van der Waals surface area contributed by atoms with E-state index in [1.165, 1.54) is 51.4 Å². The van der Waals surface area contributed by atoms with Crippen molar-refractivity contribution in [3.8, 4) is 17.9 Å². The summed E-state index contributed by atoms with van der Waals surface area (Å²) in [5, 5.41) is 8.98. The highest BCUT2D eigenvalue weighted by Crippen LogP contribution is 2.15. The normalized spacial score (nSPS) is 24.6. The van der Waals surface area contributed by atoms with Crippen molar-refractivity contribution in [3.63, 3.8) is 0 Å². The Bertz CT molecular complexity index is 263. The van der Waals surface area contributed by atoms with Gasteiger partial charge in [-0.2, -0.15) is 5.26 Å². The van der Waals surface area contributed by atoms with Crippen molar-refractivity contribution in [2.24, 2.45) is 5.92 Å². The molecule has 1 atom stereocenters. The molecule has 0 aromatic heterocycles. The second-order valence-electron chi connectivity index (χ2n) is 4.75. The molecule has 1 heteroatoms. The molecule has 0 saturated heterocycles. The third kappa shape index (κ3) is 6.52. The van der Waals surface area contributed by atoms with Gasteiger partial charge in [-0.05, 0) is 12.8 Å². The lowest BCUT2D eigenvalue weighted by Crippen LogP contribution is -1.96. The predicted octanol–water partition coefficient (Wildman–Crippen LogP) is 4.43. The predicted molar refractivity (Wildman–Crippen MR) is 67.7 cm³/mol. The highest BCUT2D eigenvalue weighted by atomic mass is 14.3.